The molecule has 0 spiro atoms. The lowest BCUT2D eigenvalue weighted by Crippen LogP contribution is -2.46. The first-order valence-electron chi connectivity index (χ1n) is 8.32. The van der Waals surface area contributed by atoms with Crippen molar-refractivity contribution in [2.45, 2.75) is 85.2 Å². The number of rotatable bonds is 6. The molecule has 1 heterocycles. The molecule has 0 saturated carbocycles. The summed E-state index contributed by atoms with van der Waals surface area (Å²) in [6.45, 7) is 15.9. The molecule has 0 amide bonds. The van der Waals surface area contributed by atoms with Crippen molar-refractivity contribution in [2.24, 2.45) is 0 Å². The Morgan fingerprint density at radius 3 is 2.00 bits per heavy atom. The van der Waals surface area contributed by atoms with Crippen LogP contribution in [0.4, 0.5) is 0 Å². The Morgan fingerprint density at radius 1 is 1.11 bits per heavy atom. The van der Waals surface area contributed by atoms with Crippen LogP contribution in [0.1, 0.15) is 73.1 Å². The van der Waals surface area contributed by atoms with Crippen molar-refractivity contribution in [3.05, 3.63) is 24.3 Å². The average molecular weight is 265 g/mol. The largest absolute Gasteiger partial charge is 0.294 e. The van der Waals surface area contributed by atoms with Gasteiger partial charge in [0.1, 0.15) is 0 Å². The molecule has 1 heteroatoms. The number of piperidine rings is 1. The van der Waals surface area contributed by atoms with Gasteiger partial charge in [0.25, 0.3) is 0 Å². The van der Waals surface area contributed by atoms with Gasteiger partial charge in [0, 0.05) is 18.6 Å². The van der Waals surface area contributed by atoms with E-state index >= 15 is 0 Å². The molecule has 1 nitrogen and oxygen atoms in total. The van der Waals surface area contributed by atoms with Crippen molar-refractivity contribution in [2.75, 3.05) is 6.54 Å². The molecule has 0 aromatic carbocycles. The quantitative estimate of drug-likeness (QED) is 0.567. The fraction of sp³-hybridized carbons (Fsp3) is 0.778. The zero-order chi connectivity index (χ0) is 14.7. The summed E-state index contributed by atoms with van der Waals surface area (Å²) in [4.78, 5) is 2.75. The summed E-state index contributed by atoms with van der Waals surface area (Å²) < 4.78 is 0. The average Bonchev–Trinajstić information content (AvgIpc) is 2.48. The standard InChI is InChI=1S/C16H29N.C2H6/c1-5-10-14(6-2)13-17-15(7-3)11-9-12-16(17)8-4;1-2/h5,10,15-16H,1,6-9,11-13H2,2-4H3;1-2H3/b14-10+;. The molecule has 1 fully saturated rings. The Labute approximate surface area is 121 Å². The van der Waals surface area contributed by atoms with E-state index in [0.717, 1.165) is 25.0 Å². The summed E-state index contributed by atoms with van der Waals surface area (Å²) in [5.41, 5.74) is 1.53. The maximum atomic E-state index is 3.82. The molecule has 1 rings (SSSR count). The van der Waals surface area contributed by atoms with Crippen molar-refractivity contribution >= 4 is 0 Å². The highest BCUT2D eigenvalue weighted by molar-refractivity contribution is 5.12. The monoisotopic (exact) mass is 265 g/mol. The van der Waals surface area contributed by atoms with E-state index in [4.69, 9.17) is 0 Å². The molecule has 0 radical (unpaired) electrons. The molecule has 1 aliphatic heterocycles. The van der Waals surface area contributed by atoms with Crippen molar-refractivity contribution < 1.29 is 0 Å². The van der Waals surface area contributed by atoms with E-state index in [0.29, 0.717) is 0 Å². The van der Waals surface area contributed by atoms with Crippen LogP contribution in [0.5, 0.6) is 0 Å². The van der Waals surface area contributed by atoms with Gasteiger partial charge in [-0.15, -0.1) is 0 Å². The van der Waals surface area contributed by atoms with Crippen molar-refractivity contribution in [3.8, 4) is 0 Å². The molecular weight excluding hydrogens is 230 g/mol. The predicted molar refractivity (Wildman–Crippen MR) is 88.6 cm³/mol. The van der Waals surface area contributed by atoms with Gasteiger partial charge in [-0.1, -0.05) is 65.3 Å². The van der Waals surface area contributed by atoms with Gasteiger partial charge in [0.05, 0.1) is 0 Å². The molecule has 0 N–H and O–H groups in total. The van der Waals surface area contributed by atoms with Crippen LogP contribution in [-0.4, -0.2) is 23.5 Å². The lowest BCUT2D eigenvalue weighted by molar-refractivity contribution is 0.0875. The van der Waals surface area contributed by atoms with Crippen LogP contribution in [0.15, 0.2) is 24.3 Å². The normalized spacial score (nSPS) is 24.6. The van der Waals surface area contributed by atoms with E-state index in [1.54, 1.807) is 0 Å². The van der Waals surface area contributed by atoms with E-state index in [2.05, 4.69) is 38.3 Å². The Balaban J connectivity index is 0.00000154. The SMILES string of the molecule is C=C/C=C(\CC)CN1C(CC)CCCC1CC.CC. The van der Waals surface area contributed by atoms with Gasteiger partial charge in [0.15, 0.2) is 0 Å². The van der Waals surface area contributed by atoms with Gasteiger partial charge in [-0.05, 0) is 32.1 Å². The van der Waals surface area contributed by atoms with Crippen molar-refractivity contribution in [1.29, 1.82) is 0 Å². The second kappa shape index (κ2) is 11.3. The highest BCUT2D eigenvalue weighted by atomic mass is 15.2. The molecule has 1 saturated heterocycles. The third-order valence-electron chi connectivity index (χ3n) is 4.15. The topological polar surface area (TPSA) is 3.24 Å². The van der Waals surface area contributed by atoms with Crippen molar-refractivity contribution in [1.82, 2.24) is 4.90 Å². The van der Waals surface area contributed by atoms with Crippen LogP contribution < -0.4 is 0 Å². The third kappa shape index (κ3) is 5.95. The number of hydrogen-bond acceptors (Lipinski definition) is 1. The zero-order valence-electron chi connectivity index (χ0n) is 13.9. The fourth-order valence-electron chi connectivity index (χ4n) is 3.04. The van der Waals surface area contributed by atoms with Gasteiger partial charge < -0.3 is 0 Å². The van der Waals surface area contributed by atoms with E-state index in [1.165, 1.54) is 37.7 Å². The zero-order valence-corrected chi connectivity index (χ0v) is 13.9. The minimum absolute atomic E-state index is 0.800. The summed E-state index contributed by atoms with van der Waals surface area (Å²) in [5, 5.41) is 0. The smallest absolute Gasteiger partial charge is 0.0201 e. The minimum atomic E-state index is 0.800. The molecule has 2 atom stereocenters. The highest BCUT2D eigenvalue weighted by Gasteiger charge is 2.28. The first-order valence-corrected chi connectivity index (χ1v) is 8.32. The van der Waals surface area contributed by atoms with Gasteiger partial charge in [-0.2, -0.15) is 0 Å². The van der Waals surface area contributed by atoms with E-state index in [1.807, 2.05) is 19.9 Å². The Hall–Kier alpha value is -0.560. The molecular formula is C18H35N. The van der Waals surface area contributed by atoms with Gasteiger partial charge in [-0.25, -0.2) is 0 Å². The number of allylic oxidation sites excluding steroid dienone is 2. The summed E-state index contributed by atoms with van der Waals surface area (Å²) in [6.07, 6.45) is 12.1. The maximum absolute atomic E-state index is 3.82. The lowest BCUT2D eigenvalue weighted by atomic mass is 9.91. The second-order valence-corrected chi connectivity index (χ2v) is 5.14. The molecule has 0 aromatic rings. The predicted octanol–water partition coefficient (Wildman–Crippen LogP) is 5.58. The Bertz CT molecular complexity index is 242. The molecule has 1 aliphatic rings. The second-order valence-electron chi connectivity index (χ2n) is 5.14. The molecule has 112 valence electrons. The van der Waals surface area contributed by atoms with Crippen LogP contribution in [0, 0.1) is 0 Å². The number of nitrogens with zero attached hydrogens (tertiary/aromatic N) is 1. The first kappa shape index (κ1) is 18.4. The molecule has 19 heavy (non-hydrogen) atoms. The van der Waals surface area contributed by atoms with Crippen molar-refractivity contribution in [3.63, 3.8) is 0 Å². The third-order valence-corrected chi connectivity index (χ3v) is 4.15. The van der Waals surface area contributed by atoms with Gasteiger partial charge in [-0.3, -0.25) is 4.90 Å². The molecule has 0 bridgehead atoms. The van der Waals surface area contributed by atoms with Crippen LogP contribution in [0.2, 0.25) is 0 Å². The van der Waals surface area contributed by atoms with Crippen LogP contribution in [0.3, 0.4) is 0 Å². The van der Waals surface area contributed by atoms with Gasteiger partial charge in [0.2, 0.25) is 0 Å². The highest BCUT2D eigenvalue weighted by Crippen LogP contribution is 2.27. The van der Waals surface area contributed by atoms with Crippen LogP contribution in [-0.2, 0) is 0 Å². The summed E-state index contributed by atoms with van der Waals surface area (Å²) in [6, 6.07) is 1.60. The first-order chi connectivity index (χ1) is 9.26. The minimum Gasteiger partial charge on any atom is -0.294 e. The van der Waals surface area contributed by atoms with E-state index in [-0.39, 0.29) is 0 Å². The summed E-state index contributed by atoms with van der Waals surface area (Å²) >= 11 is 0. The molecule has 2 unspecified atom stereocenters. The van der Waals surface area contributed by atoms with Crippen LogP contribution in [0.25, 0.3) is 0 Å². The van der Waals surface area contributed by atoms with E-state index in [9.17, 15) is 0 Å². The lowest BCUT2D eigenvalue weighted by Gasteiger charge is -2.42. The number of likely N-dealkylation sites (tertiary alicyclic amines) is 1. The van der Waals surface area contributed by atoms with Crippen LogP contribution >= 0.6 is 0 Å². The Kier molecular flexibility index (Phi) is 10.9. The maximum Gasteiger partial charge on any atom is 0.0201 e. The molecule has 0 aliphatic carbocycles. The summed E-state index contributed by atoms with van der Waals surface area (Å²) in [7, 11) is 0. The number of hydrogen-bond donors (Lipinski definition) is 0. The Morgan fingerprint density at radius 2 is 1.63 bits per heavy atom. The van der Waals surface area contributed by atoms with Gasteiger partial charge >= 0.3 is 0 Å². The van der Waals surface area contributed by atoms with E-state index < -0.39 is 0 Å². The fourth-order valence-corrected chi connectivity index (χ4v) is 3.04. The summed E-state index contributed by atoms with van der Waals surface area (Å²) in [5.74, 6) is 0. The molecule has 0 aromatic heterocycles.